The van der Waals surface area contributed by atoms with E-state index in [0.717, 1.165) is 5.56 Å². The van der Waals surface area contributed by atoms with Crippen molar-refractivity contribution in [2.75, 3.05) is 16.4 Å². The Kier molecular flexibility index (Phi) is 4.61. The van der Waals surface area contributed by atoms with E-state index in [1.165, 1.54) is 18.2 Å². The molecular formula is C17H15FN6O2. The number of nitrogens with zero attached hydrogens (tertiary/aromatic N) is 3. The Morgan fingerprint density at radius 1 is 1.08 bits per heavy atom. The molecule has 26 heavy (non-hydrogen) atoms. The van der Waals surface area contributed by atoms with Crippen molar-refractivity contribution in [1.82, 2.24) is 9.97 Å². The number of nitro groups is 1. The average Bonchev–Trinajstić information content (AvgIpc) is 2.58. The van der Waals surface area contributed by atoms with Gasteiger partial charge < -0.3 is 16.4 Å². The largest absolute Gasteiger partial charge is 0.378 e. The summed E-state index contributed by atoms with van der Waals surface area (Å²) in [6.45, 7) is 1.92. The molecule has 0 unspecified atom stereocenters. The molecule has 1 aromatic heterocycles. The monoisotopic (exact) mass is 354 g/mol. The van der Waals surface area contributed by atoms with Crippen LogP contribution >= 0.6 is 0 Å². The fourth-order valence-electron chi connectivity index (χ4n) is 2.25. The van der Waals surface area contributed by atoms with Gasteiger partial charge >= 0.3 is 5.69 Å². The lowest BCUT2D eigenvalue weighted by Gasteiger charge is -2.11. The van der Waals surface area contributed by atoms with Gasteiger partial charge in [0.1, 0.15) is 5.82 Å². The molecule has 0 aliphatic heterocycles. The van der Waals surface area contributed by atoms with Gasteiger partial charge in [-0.3, -0.25) is 10.1 Å². The van der Waals surface area contributed by atoms with E-state index in [2.05, 4.69) is 20.6 Å². The summed E-state index contributed by atoms with van der Waals surface area (Å²) in [5.41, 5.74) is 7.03. The highest BCUT2D eigenvalue weighted by Crippen LogP contribution is 2.32. The van der Waals surface area contributed by atoms with Crippen LogP contribution in [0.15, 0.2) is 48.5 Å². The second-order valence-electron chi connectivity index (χ2n) is 5.48. The van der Waals surface area contributed by atoms with Gasteiger partial charge in [0.15, 0.2) is 0 Å². The summed E-state index contributed by atoms with van der Waals surface area (Å²) < 4.78 is 13.8. The van der Waals surface area contributed by atoms with Gasteiger partial charge in [0, 0.05) is 5.69 Å². The number of halogens is 1. The molecule has 0 aliphatic rings. The van der Waals surface area contributed by atoms with E-state index in [1.54, 1.807) is 18.2 Å². The molecule has 0 amide bonds. The molecule has 132 valence electrons. The highest BCUT2D eigenvalue weighted by Gasteiger charge is 2.23. The van der Waals surface area contributed by atoms with Crippen molar-refractivity contribution in [3.63, 3.8) is 0 Å². The Bertz CT molecular complexity index is 962. The van der Waals surface area contributed by atoms with Crippen LogP contribution < -0.4 is 16.4 Å². The molecule has 9 heteroatoms. The number of hydrogen-bond acceptors (Lipinski definition) is 7. The summed E-state index contributed by atoms with van der Waals surface area (Å²) in [4.78, 5) is 18.6. The molecule has 0 saturated heterocycles. The Hall–Kier alpha value is -3.75. The van der Waals surface area contributed by atoms with E-state index in [4.69, 9.17) is 5.73 Å². The van der Waals surface area contributed by atoms with Crippen molar-refractivity contribution in [3.05, 3.63) is 70.0 Å². The number of aromatic nitrogens is 2. The number of nitrogen functional groups attached to an aromatic ring is 1. The van der Waals surface area contributed by atoms with Crippen LogP contribution in [0.4, 0.5) is 39.0 Å². The molecular weight excluding hydrogens is 339 g/mol. The predicted octanol–water partition coefficient (Wildman–Crippen LogP) is 3.90. The van der Waals surface area contributed by atoms with Gasteiger partial charge in [-0.2, -0.15) is 9.97 Å². The Morgan fingerprint density at radius 3 is 2.42 bits per heavy atom. The third-order valence-electron chi connectivity index (χ3n) is 3.53. The number of aryl methyl sites for hydroxylation is 1. The van der Waals surface area contributed by atoms with Crippen LogP contribution in [-0.4, -0.2) is 14.9 Å². The summed E-state index contributed by atoms with van der Waals surface area (Å²) in [6.07, 6.45) is 0. The van der Waals surface area contributed by atoms with E-state index in [-0.39, 0.29) is 23.3 Å². The molecule has 0 bridgehead atoms. The first-order chi connectivity index (χ1) is 12.4. The lowest BCUT2D eigenvalue weighted by atomic mass is 10.2. The summed E-state index contributed by atoms with van der Waals surface area (Å²) in [7, 11) is 0. The van der Waals surface area contributed by atoms with Crippen molar-refractivity contribution in [1.29, 1.82) is 0 Å². The van der Waals surface area contributed by atoms with E-state index in [9.17, 15) is 14.5 Å². The summed E-state index contributed by atoms with van der Waals surface area (Å²) in [6, 6.07) is 13.1. The Labute approximate surface area is 148 Å². The SMILES string of the molecule is Cc1ccc(Nc2nc(Nc3ccccc3F)nc(N)c2[N+](=O)[O-])cc1. The maximum absolute atomic E-state index is 13.8. The average molecular weight is 354 g/mol. The first kappa shape index (κ1) is 17.1. The fourth-order valence-corrected chi connectivity index (χ4v) is 2.25. The zero-order chi connectivity index (χ0) is 18.7. The van der Waals surface area contributed by atoms with Crippen molar-refractivity contribution >= 4 is 34.6 Å². The Morgan fingerprint density at radius 2 is 1.77 bits per heavy atom. The predicted molar refractivity (Wildman–Crippen MR) is 97.2 cm³/mol. The molecule has 0 spiro atoms. The minimum Gasteiger partial charge on any atom is -0.378 e. The first-order valence-corrected chi connectivity index (χ1v) is 7.61. The van der Waals surface area contributed by atoms with Gasteiger partial charge in [-0.05, 0) is 31.2 Å². The van der Waals surface area contributed by atoms with Crippen LogP contribution in [-0.2, 0) is 0 Å². The number of hydrogen-bond donors (Lipinski definition) is 3. The summed E-state index contributed by atoms with van der Waals surface area (Å²) in [5, 5.41) is 16.9. The van der Waals surface area contributed by atoms with Gasteiger partial charge in [-0.1, -0.05) is 29.8 Å². The molecule has 2 aromatic carbocycles. The lowest BCUT2D eigenvalue weighted by molar-refractivity contribution is -0.383. The van der Waals surface area contributed by atoms with Crippen molar-refractivity contribution in [2.24, 2.45) is 0 Å². The molecule has 0 saturated carbocycles. The number of nitrogens with one attached hydrogen (secondary N) is 2. The topological polar surface area (TPSA) is 119 Å². The van der Waals surface area contributed by atoms with Gasteiger partial charge in [-0.15, -0.1) is 0 Å². The van der Waals surface area contributed by atoms with Crippen LogP contribution in [0.5, 0.6) is 0 Å². The van der Waals surface area contributed by atoms with Gasteiger partial charge in [0.05, 0.1) is 10.6 Å². The number of para-hydroxylation sites is 1. The second kappa shape index (κ2) is 7.01. The second-order valence-corrected chi connectivity index (χ2v) is 5.48. The Balaban J connectivity index is 2.00. The molecule has 4 N–H and O–H groups in total. The normalized spacial score (nSPS) is 10.4. The molecule has 0 atom stereocenters. The molecule has 0 fully saturated rings. The fraction of sp³-hybridized carbons (Fsp3) is 0.0588. The number of nitrogens with two attached hydrogens (primary N) is 1. The lowest BCUT2D eigenvalue weighted by Crippen LogP contribution is -2.09. The van der Waals surface area contributed by atoms with Crippen LogP contribution in [0.25, 0.3) is 0 Å². The van der Waals surface area contributed by atoms with E-state index in [1.807, 2.05) is 19.1 Å². The summed E-state index contributed by atoms with van der Waals surface area (Å²) >= 11 is 0. The van der Waals surface area contributed by atoms with Crippen molar-refractivity contribution in [3.8, 4) is 0 Å². The third-order valence-corrected chi connectivity index (χ3v) is 3.53. The first-order valence-electron chi connectivity index (χ1n) is 7.61. The molecule has 0 radical (unpaired) electrons. The molecule has 8 nitrogen and oxygen atoms in total. The van der Waals surface area contributed by atoms with Crippen molar-refractivity contribution < 1.29 is 9.31 Å². The maximum Gasteiger partial charge on any atom is 0.353 e. The van der Waals surface area contributed by atoms with Crippen LogP contribution in [0.3, 0.4) is 0 Å². The number of anilines is 5. The summed E-state index contributed by atoms with van der Waals surface area (Å²) in [5.74, 6) is -1.00. The molecule has 0 aliphatic carbocycles. The highest BCUT2D eigenvalue weighted by molar-refractivity contribution is 5.75. The van der Waals surface area contributed by atoms with Gasteiger partial charge in [0.25, 0.3) is 0 Å². The minimum atomic E-state index is -0.668. The van der Waals surface area contributed by atoms with Crippen LogP contribution in [0.1, 0.15) is 5.56 Å². The third kappa shape index (κ3) is 3.66. The van der Waals surface area contributed by atoms with Crippen molar-refractivity contribution in [2.45, 2.75) is 6.92 Å². The van der Waals surface area contributed by atoms with Crippen LogP contribution in [0.2, 0.25) is 0 Å². The van der Waals surface area contributed by atoms with E-state index in [0.29, 0.717) is 5.69 Å². The van der Waals surface area contributed by atoms with Crippen LogP contribution in [0, 0.1) is 22.9 Å². The van der Waals surface area contributed by atoms with Gasteiger partial charge in [-0.25, -0.2) is 4.39 Å². The zero-order valence-electron chi connectivity index (χ0n) is 13.7. The number of benzene rings is 2. The molecule has 3 rings (SSSR count). The van der Waals surface area contributed by atoms with Gasteiger partial charge in [0.2, 0.25) is 17.6 Å². The highest BCUT2D eigenvalue weighted by atomic mass is 19.1. The standard InChI is InChI=1S/C17H15FN6O2/c1-10-6-8-11(9-7-10)20-16-14(24(25)26)15(19)22-17(23-16)21-13-5-3-2-4-12(13)18/h2-9H,1H3,(H4,19,20,21,22,23). The number of rotatable bonds is 5. The smallest absolute Gasteiger partial charge is 0.353 e. The molecule has 3 aromatic rings. The molecule has 1 heterocycles. The van der Waals surface area contributed by atoms with E-state index >= 15 is 0 Å². The zero-order valence-corrected chi connectivity index (χ0v) is 13.7. The quantitative estimate of drug-likeness (QED) is 0.469. The van der Waals surface area contributed by atoms with E-state index < -0.39 is 16.4 Å². The minimum absolute atomic E-state index is 0.0622. The maximum atomic E-state index is 13.8.